The maximum Gasteiger partial charge on any atom is 0.150 e. The zero-order valence-corrected chi connectivity index (χ0v) is 14.7. The lowest BCUT2D eigenvalue weighted by atomic mass is 10.0. The van der Waals surface area contributed by atoms with Crippen molar-refractivity contribution in [2.24, 2.45) is 0 Å². The Balaban J connectivity index is 2.24. The Morgan fingerprint density at radius 1 is 1.20 bits per heavy atom. The van der Waals surface area contributed by atoms with E-state index >= 15 is 0 Å². The first-order chi connectivity index (χ1) is 9.57. The van der Waals surface area contributed by atoms with Crippen molar-refractivity contribution in [3.8, 4) is 0 Å². The highest BCUT2D eigenvalue weighted by atomic mass is 32.2. The molecule has 1 aliphatic carbocycles. The third-order valence-corrected chi connectivity index (χ3v) is 7.35. The second kappa shape index (κ2) is 10.1. The molecule has 1 atom stereocenters. The van der Waals surface area contributed by atoms with Gasteiger partial charge in [-0.15, -0.1) is 0 Å². The highest BCUT2D eigenvalue weighted by molar-refractivity contribution is 7.99. The fourth-order valence-electron chi connectivity index (χ4n) is 2.71. The monoisotopic (exact) mass is 321 g/mol. The van der Waals surface area contributed by atoms with Crippen LogP contribution in [0.15, 0.2) is 0 Å². The van der Waals surface area contributed by atoms with Gasteiger partial charge in [0.25, 0.3) is 0 Å². The van der Waals surface area contributed by atoms with E-state index in [0.717, 1.165) is 30.4 Å². The highest BCUT2D eigenvalue weighted by Crippen LogP contribution is 2.28. The van der Waals surface area contributed by atoms with Crippen molar-refractivity contribution in [3.05, 3.63) is 0 Å². The van der Waals surface area contributed by atoms with Crippen LogP contribution in [0.5, 0.6) is 0 Å². The van der Waals surface area contributed by atoms with Crippen LogP contribution >= 0.6 is 11.8 Å². The summed E-state index contributed by atoms with van der Waals surface area (Å²) in [5, 5.41) is 4.35. The van der Waals surface area contributed by atoms with Crippen molar-refractivity contribution in [2.45, 2.75) is 70.1 Å². The molecule has 20 heavy (non-hydrogen) atoms. The van der Waals surface area contributed by atoms with E-state index in [2.05, 4.69) is 24.0 Å². The van der Waals surface area contributed by atoms with Gasteiger partial charge in [0.2, 0.25) is 0 Å². The molecule has 0 radical (unpaired) electrons. The highest BCUT2D eigenvalue weighted by Gasteiger charge is 2.17. The van der Waals surface area contributed by atoms with Gasteiger partial charge in [0.1, 0.15) is 9.84 Å². The first kappa shape index (κ1) is 18.3. The molecule has 0 aromatic heterocycles. The smallest absolute Gasteiger partial charge is 0.150 e. The van der Waals surface area contributed by atoms with Crippen LogP contribution in [0.2, 0.25) is 0 Å². The molecule has 0 heterocycles. The number of sulfone groups is 1. The van der Waals surface area contributed by atoms with Gasteiger partial charge in [-0.2, -0.15) is 11.8 Å². The predicted octanol–water partition coefficient (Wildman–Crippen LogP) is 3.25. The minimum Gasteiger partial charge on any atom is -0.313 e. The molecule has 0 amide bonds. The summed E-state index contributed by atoms with van der Waals surface area (Å²) < 4.78 is 23.0. The lowest BCUT2D eigenvalue weighted by Gasteiger charge is -2.24. The normalized spacial score (nSPS) is 19.1. The second-order valence-electron chi connectivity index (χ2n) is 5.73. The molecule has 1 rings (SSSR count). The molecule has 3 nitrogen and oxygen atoms in total. The van der Waals surface area contributed by atoms with E-state index in [1.165, 1.54) is 32.1 Å². The molecular weight excluding hydrogens is 290 g/mol. The number of hydrogen-bond acceptors (Lipinski definition) is 4. The number of thioether (sulfide) groups is 1. The quantitative estimate of drug-likeness (QED) is 0.671. The van der Waals surface area contributed by atoms with E-state index < -0.39 is 9.84 Å². The maximum atomic E-state index is 11.5. The van der Waals surface area contributed by atoms with Crippen LogP contribution in [0.1, 0.15) is 58.8 Å². The third kappa shape index (κ3) is 7.89. The van der Waals surface area contributed by atoms with Crippen LogP contribution in [0.3, 0.4) is 0 Å². The molecular formula is C15H31NO2S2. The van der Waals surface area contributed by atoms with Crippen molar-refractivity contribution in [2.75, 3.05) is 23.8 Å². The summed E-state index contributed by atoms with van der Waals surface area (Å²) in [6, 6.07) is 0.471. The van der Waals surface area contributed by atoms with Gasteiger partial charge >= 0.3 is 0 Å². The molecule has 1 fully saturated rings. The molecule has 0 spiro atoms. The van der Waals surface area contributed by atoms with Gasteiger partial charge in [-0.05, 0) is 32.2 Å². The molecule has 1 saturated carbocycles. The van der Waals surface area contributed by atoms with Gasteiger partial charge in [0, 0.05) is 22.8 Å². The fourth-order valence-corrected chi connectivity index (χ4v) is 5.06. The topological polar surface area (TPSA) is 46.2 Å². The maximum absolute atomic E-state index is 11.5. The van der Waals surface area contributed by atoms with Gasteiger partial charge in [0.15, 0.2) is 0 Å². The van der Waals surface area contributed by atoms with Gasteiger partial charge in [-0.25, -0.2) is 8.42 Å². The van der Waals surface area contributed by atoms with E-state index in [9.17, 15) is 8.42 Å². The van der Waals surface area contributed by atoms with Crippen molar-refractivity contribution in [1.82, 2.24) is 5.32 Å². The average Bonchev–Trinajstić information content (AvgIpc) is 2.46. The van der Waals surface area contributed by atoms with Crippen LogP contribution in [-0.4, -0.2) is 43.5 Å². The molecule has 0 saturated heterocycles. The molecule has 120 valence electrons. The lowest BCUT2D eigenvalue weighted by Crippen LogP contribution is -2.32. The Labute approximate surface area is 129 Å². The van der Waals surface area contributed by atoms with E-state index in [1.54, 1.807) is 6.92 Å². The molecule has 0 bridgehead atoms. The molecule has 1 aliphatic rings. The lowest BCUT2D eigenvalue weighted by molar-refractivity contribution is 0.507. The standard InChI is InChI=1S/C15H31NO2S2/c1-3-16-14(9-8-12-20(17,18)4-2)13-19-15-10-6-5-7-11-15/h14-16H,3-13H2,1-2H3. The van der Waals surface area contributed by atoms with Gasteiger partial charge in [0.05, 0.1) is 5.75 Å². The van der Waals surface area contributed by atoms with E-state index in [1.807, 2.05) is 0 Å². The minimum absolute atomic E-state index is 0.274. The summed E-state index contributed by atoms with van der Waals surface area (Å²) in [6.07, 6.45) is 8.69. The van der Waals surface area contributed by atoms with Crippen molar-refractivity contribution >= 4 is 21.6 Å². The molecule has 0 aliphatic heterocycles. The van der Waals surface area contributed by atoms with Crippen LogP contribution in [-0.2, 0) is 9.84 Å². The van der Waals surface area contributed by atoms with Gasteiger partial charge in [-0.1, -0.05) is 33.1 Å². The Morgan fingerprint density at radius 3 is 2.50 bits per heavy atom. The molecule has 0 aromatic carbocycles. The first-order valence-electron chi connectivity index (χ1n) is 8.12. The zero-order chi connectivity index (χ0) is 14.8. The van der Waals surface area contributed by atoms with Crippen LogP contribution in [0, 0.1) is 0 Å². The van der Waals surface area contributed by atoms with Gasteiger partial charge in [-0.3, -0.25) is 0 Å². The molecule has 1 N–H and O–H groups in total. The molecule has 5 heteroatoms. The number of hydrogen-bond donors (Lipinski definition) is 1. The Hall–Kier alpha value is 0.260. The average molecular weight is 322 g/mol. The Kier molecular flexibility index (Phi) is 9.21. The third-order valence-electron chi connectivity index (χ3n) is 4.03. The van der Waals surface area contributed by atoms with Crippen molar-refractivity contribution in [1.29, 1.82) is 0 Å². The van der Waals surface area contributed by atoms with Gasteiger partial charge < -0.3 is 5.32 Å². The van der Waals surface area contributed by atoms with Crippen molar-refractivity contribution < 1.29 is 8.42 Å². The van der Waals surface area contributed by atoms with E-state index in [0.29, 0.717) is 11.8 Å². The summed E-state index contributed by atoms with van der Waals surface area (Å²) in [5.41, 5.74) is 0. The molecule has 0 aromatic rings. The first-order valence-corrected chi connectivity index (χ1v) is 11.0. The predicted molar refractivity (Wildman–Crippen MR) is 90.4 cm³/mol. The van der Waals surface area contributed by atoms with E-state index in [4.69, 9.17) is 0 Å². The molecule has 1 unspecified atom stereocenters. The fraction of sp³-hybridized carbons (Fsp3) is 1.00. The summed E-state index contributed by atoms with van der Waals surface area (Å²) in [7, 11) is -2.80. The zero-order valence-electron chi connectivity index (χ0n) is 13.1. The summed E-state index contributed by atoms with van der Waals surface area (Å²) in [5.74, 6) is 1.75. The Morgan fingerprint density at radius 2 is 1.90 bits per heavy atom. The summed E-state index contributed by atoms with van der Waals surface area (Å²) in [6.45, 7) is 4.83. The van der Waals surface area contributed by atoms with E-state index in [-0.39, 0.29) is 5.75 Å². The number of rotatable bonds is 10. The van der Waals surface area contributed by atoms with Crippen LogP contribution in [0.4, 0.5) is 0 Å². The second-order valence-corrected chi connectivity index (χ2v) is 9.53. The van der Waals surface area contributed by atoms with Crippen LogP contribution < -0.4 is 5.32 Å². The number of nitrogens with one attached hydrogen (secondary N) is 1. The van der Waals surface area contributed by atoms with Crippen LogP contribution in [0.25, 0.3) is 0 Å². The van der Waals surface area contributed by atoms with Crippen molar-refractivity contribution in [3.63, 3.8) is 0 Å². The Bertz CT molecular complexity index is 338. The minimum atomic E-state index is -2.80. The SMILES string of the molecule is CCNC(CCCS(=O)(=O)CC)CSC1CCCCC1. The largest absolute Gasteiger partial charge is 0.313 e. The summed E-state index contributed by atoms with van der Waals surface area (Å²) in [4.78, 5) is 0. The summed E-state index contributed by atoms with van der Waals surface area (Å²) >= 11 is 2.10.